The SMILES string of the molecule is Cc1cc(Nc2cccc(Cl)c2)c(N)cc1F. The molecule has 0 radical (unpaired) electrons. The molecule has 0 aromatic heterocycles. The molecular weight excluding hydrogens is 239 g/mol. The molecule has 0 spiro atoms. The predicted molar refractivity (Wildman–Crippen MR) is 70.3 cm³/mol. The minimum atomic E-state index is -0.306. The average molecular weight is 251 g/mol. The third-order valence-electron chi connectivity index (χ3n) is 2.43. The summed E-state index contributed by atoms with van der Waals surface area (Å²) in [5.41, 5.74) is 8.14. The molecule has 4 heteroatoms. The van der Waals surface area contributed by atoms with Crippen molar-refractivity contribution in [3.05, 3.63) is 52.8 Å². The molecule has 0 fully saturated rings. The van der Waals surface area contributed by atoms with Gasteiger partial charge in [0.1, 0.15) is 5.82 Å². The van der Waals surface area contributed by atoms with Crippen LogP contribution in [0.4, 0.5) is 21.5 Å². The van der Waals surface area contributed by atoms with Crippen molar-refractivity contribution in [3.63, 3.8) is 0 Å². The van der Waals surface area contributed by atoms with Crippen molar-refractivity contribution in [2.45, 2.75) is 6.92 Å². The van der Waals surface area contributed by atoms with Crippen LogP contribution < -0.4 is 11.1 Å². The van der Waals surface area contributed by atoms with E-state index in [-0.39, 0.29) is 5.82 Å². The molecule has 0 aliphatic carbocycles. The van der Waals surface area contributed by atoms with Crippen LogP contribution in [-0.2, 0) is 0 Å². The Kier molecular flexibility index (Phi) is 3.20. The summed E-state index contributed by atoms with van der Waals surface area (Å²) >= 11 is 5.88. The lowest BCUT2D eigenvalue weighted by molar-refractivity contribution is 0.619. The van der Waals surface area contributed by atoms with Crippen molar-refractivity contribution in [3.8, 4) is 0 Å². The highest BCUT2D eigenvalue weighted by molar-refractivity contribution is 6.30. The summed E-state index contributed by atoms with van der Waals surface area (Å²) in [5.74, 6) is -0.306. The van der Waals surface area contributed by atoms with E-state index < -0.39 is 0 Å². The molecule has 2 nitrogen and oxygen atoms in total. The number of hydrogen-bond donors (Lipinski definition) is 2. The minimum absolute atomic E-state index is 0.306. The van der Waals surface area contributed by atoms with Crippen LogP contribution in [0, 0.1) is 12.7 Å². The zero-order chi connectivity index (χ0) is 12.4. The van der Waals surface area contributed by atoms with Crippen molar-refractivity contribution in [2.75, 3.05) is 11.1 Å². The van der Waals surface area contributed by atoms with E-state index in [1.165, 1.54) is 6.07 Å². The number of rotatable bonds is 2. The monoisotopic (exact) mass is 250 g/mol. The molecule has 0 bridgehead atoms. The third-order valence-corrected chi connectivity index (χ3v) is 2.67. The maximum atomic E-state index is 13.2. The van der Waals surface area contributed by atoms with E-state index in [9.17, 15) is 4.39 Å². The number of nitrogens with two attached hydrogens (primary N) is 1. The first-order valence-corrected chi connectivity index (χ1v) is 5.52. The van der Waals surface area contributed by atoms with Gasteiger partial charge in [-0.3, -0.25) is 0 Å². The molecule has 88 valence electrons. The Bertz CT molecular complexity index is 555. The van der Waals surface area contributed by atoms with E-state index >= 15 is 0 Å². The van der Waals surface area contributed by atoms with Crippen molar-refractivity contribution >= 4 is 28.7 Å². The van der Waals surface area contributed by atoms with E-state index in [4.69, 9.17) is 17.3 Å². The summed E-state index contributed by atoms with van der Waals surface area (Å²) < 4.78 is 13.2. The summed E-state index contributed by atoms with van der Waals surface area (Å²) in [5, 5.41) is 3.74. The van der Waals surface area contributed by atoms with Crippen LogP contribution >= 0.6 is 11.6 Å². The Balaban J connectivity index is 2.33. The number of halogens is 2. The largest absolute Gasteiger partial charge is 0.397 e. The van der Waals surface area contributed by atoms with Crippen LogP contribution in [0.25, 0.3) is 0 Å². The number of nitrogens with one attached hydrogen (secondary N) is 1. The highest BCUT2D eigenvalue weighted by atomic mass is 35.5. The van der Waals surface area contributed by atoms with Crippen molar-refractivity contribution in [2.24, 2.45) is 0 Å². The molecular formula is C13H12ClFN2. The lowest BCUT2D eigenvalue weighted by Gasteiger charge is -2.11. The van der Waals surface area contributed by atoms with Crippen LogP contribution in [0.15, 0.2) is 36.4 Å². The molecule has 2 rings (SSSR count). The fourth-order valence-electron chi connectivity index (χ4n) is 1.53. The van der Waals surface area contributed by atoms with Crippen molar-refractivity contribution in [1.82, 2.24) is 0 Å². The molecule has 2 aromatic rings. The van der Waals surface area contributed by atoms with E-state index in [0.29, 0.717) is 22.0 Å². The van der Waals surface area contributed by atoms with Gasteiger partial charge in [0.05, 0.1) is 11.4 Å². The molecule has 0 aliphatic rings. The number of anilines is 3. The maximum absolute atomic E-state index is 13.2. The van der Waals surface area contributed by atoms with Crippen molar-refractivity contribution < 1.29 is 4.39 Å². The van der Waals surface area contributed by atoms with Gasteiger partial charge in [-0.2, -0.15) is 0 Å². The number of hydrogen-bond acceptors (Lipinski definition) is 2. The first-order chi connectivity index (χ1) is 8.06. The summed E-state index contributed by atoms with van der Waals surface area (Å²) in [6.07, 6.45) is 0. The smallest absolute Gasteiger partial charge is 0.128 e. The van der Waals surface area contributed by atoms with Gasteiger partial charge in [0, 0.05) is 10.7 Å². The molecule has 2 aromatic carbocycles. The van der Waals surface area contributed by atoms with E-state index in [0.717, 1.165) is 5.69 Å². The molecule has 0 atom stereocenters. The maximum Gasteiger partial charge on any atom is 0.128 e. The average Bonchev–Trinajstić information content (AvgIpc) is 2.26. The molecule has 0 saturated heterocycles. The lowest BCUT2D eigenvalue weighted by Crippen LogP contribution is -1.98. The van der Waals surface area contributed by atoms with Crippen LogP contribution in [0.5, 0.6) is 0 Å². The quantitative estimate of drug-likeness (QED) is 0.787. The van der Waals surface area contributed by atoms with Crippen LogP contribution in [0.3, 0.4) is 0 Å². The van der Waals surface area contributed by atoms with Gasteiger partial charge in [0.15, 0.2) is 0 Å². The molecule has 0 amide bonds. The summed E-state index contributed by atoms with van der Waals surface area (Å²) in [7, 11) is 0. The van der Waals surface area contributed by atoms with Gasteiger partial charge < -0.3 is 11.1 Å². The Hall–Kier alpha value is -1.74. The summed E-state index contributed by atoms with van der Waals surface area (Å²) in [4.78, 5) is 0. The van der Waals surface area contributed by atoms with Gasteiger partial charge in [-0.1, -0.05) is 17.7 Å². The molecule has 3 N–H and O–H groups in total. The second-order valence-corrected chi connectivity index (χ2v) is 4.26. The van der Waals surface area contributed by atoms with Crippen LogP contribution in [0.1, 0.15) is 5.56 Å². The fourth-order valence-corrected chi connectivity index (χ4v) is 1.72. The number of benzene rings is 2. The Labute approximate surface area is 104 Å². The number of aryl methyl sites for hydroxylation is 1. The molecule has 17 heavy (non-hydrogen) atoms. The Morgan fingerprint density at radius 3 is 2.71 bits per heavy atom. The second kappa shape index (κ2) is 4.63. The van der Waals surface area contributed by atoms with Gasteiger partial charge in [-0.15, -0.1) is 0 Å². The van der Waals surface area contributed by atoms with Gasteiger partial charge in [-0.25, -0.2) is 4.39 Å². The van der Waals surface area contributed by atoms with E-state index in [2.05, 4.69) is 5.32 Å². The van der Waals surface area contributed by atoms with Gasteiger partial charge >= 0.3 is 0 Å². The number of nitrogen functional groups attached to an aromatic ring is 1. The first-order valence-electron chi connectivity index (χ1n) is 5.14. The van der Waals surface area contributed by atoms with Crippen molar-refractivity contribution in [1.29, 1.82) is 0 Å². The molecule has 0 heterocycles. The third kappa shape index (κ3) is 2.68. The van der Waals surface area contributed by atoms with Gasteiger partial charge in [-0.05, 0) is 42.8 Å². The molecule has 0 unspecified atom stereocenters. The predicted octanol–water partition coefficient (Wildman–Crippen LogP) is 4.11. The Morgan fingerprint density at radius 2 is 2.00 bits per heavy atom. The Morgan fingerprint density at radius 1 is 1.24 bits per heavy atom. The molecule has 0 aliphatic heterocycles. The highest BCUT2D eigenvalue weighted by Crippen LogP contribution is 2.27. The van der Waals surface area contributed by atoms with E-state index in [1.54, 1.807) is 25.1 Å². The van der Waals surface area contributed by atoms with Gasteiger partial charge in [0.25, 0.3) is 0 Å². The standard InChI is InChI=1S/C13H12ClFN2/c1-8-5-13(12(16)7-11(8)15)17-10-4-2-3-9(14)6-10/h2-7,17H,16H2,1H3. The lowest BCUT2D eigenvalue weighted by atomic mass is 10.1. The van der Waals surface area contributed by atoms with Gasteiger partial charge in [0.2, 0.25) is 0 Å². The normalized spacial score (nSPS) is 10.3. The highest BCUT2D eigenvalue weighted by Gasteiger charge is 2.05. The summed E-state index contributed by atoms with van der Waals surface area (Å²) in [6.45, 7) is 1.69. The van der Waals surface area contributed by atoms with Crippen LogP contribution in [-0.4, -0.2) is 0 Å². The minimum Gasteiger partial charge on any atom is -0.397 e. The second-order valence-electron chi connectivity index (χ2n) is 3.82. The first kappa shape index (κ1) is 11.7. The zero-order valence-corrected chi connectivity index (χ0v) is 10.1. The van der Waals surface area contributed by atoms with E-state index in [1.807, 2.05) is 12.1 Å². The van der Waals surface area contributed by atoms with Crippen LogP contribution in [0.2, 0.25) is 5.02 Å². The summed E-state index contributed by atoms with van der Waals surface area (Å²) in [6, 6.07) is 10.2. The topological polar surface area (TPSA) is 38.0 Å². The zero-order valence-electron chi connectivity index (χ0n) is 9.30. The molecule has 0 saturated carbocycles. The fraction of sp³-hybridized carbons (Fsp3) is 0.0769.